The van der Waals surface area contributed by atoms with Gasteiger partial charge in [-0.2, -0.15) is 0 Å². The molecule has 2 radical (unpaired) electrons. The predicted molar refractivity (Wildman–Crippen MR) is 79.7 cm³/mol. The van der Waals surface area contributed by atoms with Crippen LogP contribution in [0.4, 0.5) is 22.7 Å². The molecule has 0 amide bonds. The Bertz CT molecular complexity index is 833. The van der Waals surface area contributed by atoms with Gasteiger partial charge >= 0.3 is 27.3 Å². The monoisotopic (exact) mass is 576 g/mol. The van der Waals surface area contributed by atoms with Crippen LogP contribution in [0.2, 0.25) is 0 Å². The van der Waals surface area contributed by atoms with E-state index in [4.69, 9.17) is 0 Å². The van der Waals surface area contributed by atoms with Crippen molar-refractivity contribution in [3.05, 3.63) is 65.0 Å². The molecule has 0 aliphatic rings. The fourth-order valence-electron chi connectivity index (χ4n) is 1.32. The van der Waals surface area contributed by atoms with Crippen molar-refractivity contribution in [3.8, 4) is 11.8 Å². The van der Waals surface area contributed by atoms with Crippen molar-refractivity contribution in [3.63, 3.8) is 0 Å². The normalized spacial score (nSPS) is 9.19. The second-order valence-electron chi connectivity index (χ2n) is 4.06. The van der Waals surface area contributed by atoms with Crippen LogP contribution in [0.1, 0.15) is 0 Å². The molecule has 27 heavy (non-hydrogen) atoms. The summed E-state index contributed by atoms with van der Waals surface area (Å²) in [5.41, 5.74) is -2.94. The molecule has 0 bridgehead atoms. The molecule has 0 N–H and O–H groups in total. The SMILES string of the molecule is O=[N+]([O-])c1cnc([O-])c([N+](=O)[O-])c1.O=[N+]([O-])c1cnc([O-])c([N+](=O)[O-])c1.[Pb+2]. The van der Waals surface area contributed by atoms with Crippen LogP contribution in [0.3, 0.4) is 0 Å². The molecular formula is C10H4N6O10Pb. The van der Waals surface area contributed by atoms with Crippen molar-refractivity contribution >= 4 is 50.0 Å². The van der Waals surface area contributed by atoms with E-state index in [0.29, 0.717) is 24.5 Å². The Hall–Kier alpha value is -3.58. The van der Waals surface area contributed by atoms with Gasteiger partial charge in [-0.1, -0.05) is 0 Å². The molecule has 138 valence electrons. The van der Waals surface area contributed by atoms with Crippen LogP contribution in [0.5, 0.6) is 11.8 Å². The van der Waals surface area contributed by atoms with Crippen LogP contribution in [0.25, 0.3) is 0 Å². The van der Waals surface area contributed by atoms with E-state index < -0.39 is 54.2 Å². The Balaban J connectivity index is 0.000000483. The van der Waals surface area contributed by atoms with Crippen molar-refractivity contribution in [2.45, 2.75) is 0 Å². The van der Waals surface area contributed by atoms with Gasteiger partial charge in [-0.3, -0.25) is 50.4 Å². The van der Waals surface area contributed by atoms with E-state index in [1.807, 2.05) is 0 Å². The molecule has 0 aromatic carbocycles. The maximum Gasteiger partial charge on any atom is 2.00 e. The fraction of sp³-hybridized carbons (Fsp3) is 0. The van der Waals surface area contributed by atoms with Crippen LogP contribution in [-0.2, 0) is 0 Å². The summed E-state index contributed by atoms with van der Waals surface area (Å²) in [4.78, 5) is 42.8. The van der Waals surface area contributed by atoms with Gasteiger partial charge in [0.05, 0.1) is 43.6 Å². The van der Waals surface area contributed by atoms with E-state index in [1.54, 1.807) is 0 Å². The standard InChI is InChI=1S/2C5H3N3O5.Pb/c2*9-5-4(8(12)13)1-3(2-6-5)7(10)11;/h2*1-2H,(H,6,9);/q;;+2/p-2. The minimum absolute atomic E-state index is 0. The summed E-state index contributed by atoms with van der Waals surface area (Å²) in [6.07, 6.45) is 1.35. The van der Waals surface area contributed by atoms with Crippen LogP contribution in [-0.4, -0.2) is 57.0 Å². The topological polar surface area (TPSA) is 244 Å². The van der Waals surface area contributed by atoms with Gasteiger partial charge in [-0.25, -0.2) is 0 Å². The van der Waals surface area contributed by atoms with Gasteiger partial charge in [0.2, 0.25) is 0 Å². The van der Waals surface area contributed by atoms with E-state index in [2.05, 4.69) is 9.97 Å². The Kier molecular flexibility index (Phi) is 8.49. The number of aromatic nitrogens is 2. The minimum Gasteiger partial charge on any atom is -0.854 e. The van der Waals surface area contributed by atoms with E-state index in [0.717, 1.165) is 0 Å². The van der Waals surface area contributed by atoms with Crippen LogP contribution in [0, 0.1) is 40.5 Å². The number of hydrogen-bond donors (Lipinski definition) is 0. The molecule has 2 aromatic heterocycles. The maximum absolute atomic E-state index is 10.7. The zero-order chi connectivity index (χ0) is 20.0. The van der Waals surface area contributed by atoms with Crippen molar-refractivity contribution in [2.75, 3.05) is 0 Å². The fourth-order valence-corrected chi connectivity index (χ4v) is 1.32. The molecule has 0 aliphatic heterocycles. The van der Waals surface area contributed by atoms with Gasteiger partial charge in [0.1, 0.15) is 12.4 Å². The third-order valence-electron chi connectivity index (χ3n) is 2.45. The molecule has 16 nitrogen and oxygen atoms in total. The summed E-state index contributed by atoms with van der Waals surface area (Å²) in [5, 5.41) is 61.9. The predicted octanol–water partition coefficient (Wildman–Crippen LogP) is -0.438. The Morgan fingerprint density at radius 1 is 0.630 bits per heavy atom. The molecule has 17 heteroatoms. The number of rotatable bonds is 4. The number of hydrogen-bond acceptors (Lipinski definition) is 12. The molecule has 0 saturated carbocycles. The number of nitro groups is 4. The Labute approximate surface area is 166 Å². The molecule has 0 saturated heterocycles. The quantitative estimate of drug-likeness (QED) is 0.256. The van der Waals surface area contributed by atoms with Gasteiger partial charge in [0, 0.05) is 0 Å². The molecule has 2 aromatic rings. The Morgan fingerprint density at radius 2 is 0.926 bits per heavy atom. The summed E-state index contributed by atoms with van der Waals surface area (Å²) in [6.45, 7) is 0. The summed E-state index contributed by atoms with van der Waals surface area (Å²) in [7, 11) is 0. The van der Waals surface area contributed by atoms with Crippen LogP contribution in [0.15, 0.2) is 24.5 Å². The molecule has 0 spiro atoms. The summed E-state index contributed by atoms with van der Waals surface area (Å²) in [5.74, 6) is -2.17. The zero-order valence-corrected chi connectivity index (χ0v) is 16.5. The van der Waals surface area contributed by atoms with Gasteiger partial charge in [0.25, 0.3) is 22.7 Å². The van der Waals surface area contributed by atoms with Gasteiger partial charge in [-0.15, -0.1) is 0 Å². The van der Waals surface area contributed by atoms with Crippen molar-refractivity contribution < 1.29 is 29.9 Å². The average molecular weight is 575 g/mol. The van der Waals surface area contributed by atoms with Gasteiger partial charge in [-0.05, 0) is 0 Å². The first-order chi connectivity index (χ1) is 12.0. The first kappa shape index (κ1) is 23.4. The van der Waals surface area contributed by atoms with Crippen LogP contribution < -0.4 is 10.2 Å². The molecule has 0 atom stereocenters. The van der Waals surface area contributed by atoms with E-state index in [-0.39, 0.29) is 27.3 Å². The number of pyridine rings is 2. The molecular weight excluding hydrogens is 571 g/mol. The number of nitrogens with zero attached hydrogens (tertiary/aromatic N) is 6. The second-order valence-corrected chi connectivity index (χ2v) is 4.06. The van der Waals surface area contributed by atoms with Crippen molar-refractivity contribution in [1.29, 1.82) is 0 Å². The Morgan fingerprint density at radius 3 is 1.15 bits per heavy atom. The second kappa shape index (κ2) is 9.79. The van der Waals surface area contributed by atoms with Gasteiger partial charge in [0.15, 0.2) is 0 Å². The molecule has 0 unspecified atom stereocenters. The van der Waals surface area contributed by atoms with Crippen molar-refractivity contribution in [1.82, 2.24) is 9.97 Å². The van der Waals surface area contributed by atoms with E-state index >= 15 is 0 Å². The van der Waals surface area contributed by atoms with Crippen molar-refractivity contribution in [2.24, 2.45) is 0 Å². The first-order valence-corrected chi connectivity index (χ1v) is 5.96. The summed E-state index contributed by atoms with van der Waals surface area (Å²) < 4.78 is 0. The smallest absolute Gasteiger partial charge is 0.854 e. The first-order valence-electron chi connectivity index (χ1n) is 5.96. The third kappa shape index (κ3) is 6.33. The van der Waals surface area contributed by atoms with Crippen LogP contribution >= 0.6 is 0 Å². The minimum atomic E-state index is -1.09. The van der Waals surface area contributed by atoms with Gasteiger partial charge < -0.3 is 10.2 Å². The zero-order valence-electron chi connectivity index (χ0n) is 12.6. The van der Waals surface area contributed by atoms with E-state index in [9.17, 15) is 50.7 Å². The third-order valence-corrected chi connectivity index (χ3v) is 2.45. The maximum atomic E-state index is 10.7. The average Bonchev–Trinajstić information content (AvgIpc) is 2.55. The summed E-state index contributed by atoms with van der Waals surface area (Å²) >= 11 is 0. The molecule has 0 fully saturated rings. The molecule has 2 heterocycles. The van der Waals surface area contributed by atoms with E-state index in [1.165, 1.54) is 0 Å². The molecule has 2 rings (SSSR count). The molecule has 0 aliphatic carbocycles. The summed E-state index contributed by atoms with van der Waals surface area (Å²) in [6, 6.07) is 1.16. The largest absolute Gasteiger partial charge is 2.00 e.